The molecule has 2 heterocycles. The Kier molecular flexibility index (Phi) is 5.44. The zero-order valence-corrected chi connectivity index (χ0v) is 18.8. The Hall–Kier alpha value is -3.90. The molecule has 0 spiro atoms. The molecule has 1 aliphatic heterocycles. The Bertz CT molecular complexity index is 1350. The van der Waals surface area contributed by atoms with E-state index in [2.05, 4.69) is 22.0 Å². The quantitative estimate of drug-likeness (QED) is 0.450. The molecule has 33 heavy (non-hydrogen) atoms. The lowest BCUT2D eigenvalue weighted by Gasteiger charge is -2.12. The lowest BCUT2D eigenvalue weighted by molar-refractivity contribution is 0.434. The predicted molar refractivity (Wildman–Crippen MR) is 135 cm³/mol. The van der Waals surface area contributed by atoms with E-state index in [1.165, 1.54) is 0 Å². The van der Waals surface area contributed by atoms with Crippen molar-refractivity contribution >= 4 is 28.6 Å². The molecule has 0 amide bonds. The fourth-order valence-electron chi connectivity index (χ4n) is 4.33. The van der Waals surface area contributed by atoms with Crippen LogP contribution in [0.15, 0.2) is 82.8 Å². The smallest absolute Gasteiger partial charge is 0.201 e. The zero-order chi connectivity index (χ0) is 22.9. The van der Waals surface area contributed by atoms with Gasteiger partial charge in [0.15, 0.2) is 0 Å². The number of aryl methyl sites for hydroxylation is 1. The highest BCUT2D eigenvalue weighted by atomic mass is 16.3. The van der Waals surface area contributed by atoms with Crippen LogP contribution in [0.25, 0.3) is 10.9 Å². The van der Waals surface area contributed by atoms with Gasteiger partial charge in [0.05, 0.1) is 34.9 Å². The maximum absolute atomic E-state index is 11.1. The molecular formula is C27H27N5O. The van der Waals surface area contributed by atoms with Crippen LogP contribution >= 0.6 is 0 Å². The van der Waals surface area contributed by atoms with Gasteiger partial charge in [0.2, 0.25) is 5.88 Å². The van der Waals surface area contributed by atoms with Gasteiger partial charge >= 0.3 is 0 Å². The Morgan fingerprint density at radius 3 is 2.42 bits per heavy atom. The van der Waals surface area contributed by atoms with Gasteiger partial charge in [-0.05, 0) is 29.3 Å². The number of fused-ring (bicyclic) bond motifs is 1. The number of likely N-dealkylation sites (N-methyl/N-ethyl adjacent to an activating group) is 1. The second-order valence-electron chi connectivity index (χ2n) is 8.45. The second kappa shape index (κ2) is 8.56. The highest BCUT2D eigenvalue weighted by molar-refractivity contribution is 6.22. The molecule has 3 N–H and O–H groups in total. The number of rotatable bonds is 5. The van der Waals surface area contributed by atoms with Crippen molar-refractivity contribution in [2.75, 3.05) is 13.6 Å². The van der Waals surface area contributed by atoms with E-state index in [-0.39, 0.29) is 11.9 Å². The molecule has 4 aromatic rings. The van der Waals surface area contributed by atoms with E-state index in [4.69, 9.17) is 10.7 Å². The van der Waals surface area contributed by atoms with Crippen LogP contribution in [0, 0.1) is 0 Å². The largest absolute Gasteiger partial charge is 0.494 e. The first-order valence-corrected chi connectivity index (χ1v) is 11.0. The predicted octanol–water partition coefficient (Wildman–Crippen LogP) is 4.53. The van der Waals surface area contributed by atoms with Crippen molar-refractivity contribution in [3.63, 3.8) is 0 Å². The summed E-state index contributed by atoms with van der Waals surface area (Å²) in [6.07, 6.45) is 1.88. The average Bonchev–Trinajstić information content (AvgIpc) is 3.39. The summed E-state index contributed by atoms with van der Waals surface area (Å²) in [6, 6.07) is 24.4. The van der Waals surface area contributed by atoms with Gasteiger partial charge in [0.25, 0.3) is 0 Å². The van der Waals surface area contributed by atoms with Crippen LogP contribution in [-0.2, 0) is 13.6 Å². The molecule has 0 saturated heterocycles. The molecule has 0 saturated carbocycles. The number of benzene rings is 3. The monoisotopic (exact) mass is 437 g/mol. The highest BCUT2D eigenvalue weighted by Gasteiger charge is 2.21. The molecule has 3 aromatic carbocycles. The van der Waals surface area contributed by atoms with Gasteiger partial charge in [0, 0.05) is 38.1 Å². The second-order valence-corrected chi connectivity index (χ2v) is 8.45. The van der Waals surface area contributed by atoms with E-state index in [9.17, 15) is 5.11 Å². The molecule has 1 atom stereocenters. The van der Waals surface area contributed by atoms with Gasteiger partial charge in [-0.2, -0.15) is 0 Å². The summed E-state index contributed by atoms with van der Waals surface area (Å²) in [5.41, 5.74) is 12.1. The van der Waals surface area contributed by atoms with Gasteiger partial charge in [-0.1, -0.05) is 54.6 Å². The summed E-state index contributed by atoms with van der Waals surface area (Å²) >= 11 is 0. The van der Waals surface area contributed by atoms with E-state index in [0.717, 1.165) is 51.1 Å². The summed E-state index contributed by atoms with van der Waals surface area (Å²) in [4.78, 5) is 11.7. The molecule has 0 bridgehead atoms. The molecule has 1 aromatic heterocycles. The van der Waals surface area contributed by atoms with E-state index < -0.39 is 0 Å². The maximum Gasteiger partial charge on any atom is 0.201 e. The van der Waals surface area contributed by atoms with Crippen molar-refractivity contribution in [1.29, 1.82) is 0 Å². The molecule has 0 fully saturated rings. The van der Waals surface area contributed by atoms with E-state index in [1.807, 2.05) is 81.1 Å². The van der Waals surface area contributed by atoms with Gasteiger partial charge in [-0.25, -0.2) is 4.99 Å². The number of para-hydroxylation sites is 1. The lowest BCUT2D eigenvalue weighted by atomic mass is 9.99. The van der Waals surface area contributed by atoms with E-state index in [1.54, 1.807) is 4.57 Å². The molecular weight excluding hydrogens is 410 g/mol. The van der Waals surface area contributed by atoms with Crippen molar-refractivity contribution < 1.29 is 5.11 Å². The van der Waals surface area contributed by atoms with E-state index >= 15 is 0 Å². The molecule has 5 rings (SSSR count). The summed E-state index contributed by atoms with van der Waals surface area (Å²) in [7, 11) is 3.89. The topological polar surface area (TPSA) is 79.1 Å². The third-order valence-corrected chi connectivity index (χ3v) is 6.20. The fourth-order valence-corrected chi connectivity index (χ4v) is 4.33. The minimum absolute atomic E-state index is 0.151. The Morgan fingerprint density at radius 1 is 1.03 bits per heavy atom. The van der Waals surface area contributed by atoms with Crippen molar-refractivity contribution in [2.24, 2.45) is 22.8 Å². The summed E-state index contributed by atoms with van der Waals surface area (Å²) in [6.45, 7) is 1.36. The Labute approximate surface area is 193 Å². The van der Waals surface area contributed by atoms with Gasteiger partial charge in [-0.15, -0.1) is 0 Å². The minimum Gasteiger partial charge on any atom is -0.494 e. The third-order valence-electron chi connectivity index (χ3n) is 6.20. The first kappa shape index (κ1) is 21.0. The highest BCUT2D eigenvalue weighted by Crippen LogP contribution is 2.34. The number of nitrogens with two attached hydrogens (primary N) is 1. The van der Waals surface area contributed by atoms with Crippen LogP contribution in [0.1, 0.15) is 28.3 Å². The summed E-state index contributed by atoms with van der Waals surface area (Å²) in [5, 5.41) is 12.0. The van der Waals surface area contributed by atoms with Crippen LogP contribution in [0.5, 0.6) is 5.88 Å². The normalized spacial score (nSPS) is 16.2. The van der Waals surface area contributed by atoms with Gasteiger partial charge in [0.1, 0.15) is 0 Å². The molecule has 1 unspecified atom stereocenters. The molecule has 6 nitrogen and oxygen atoms in total. The molecule has 0 radical (unpaired) electrons. The van der Waals surface area contributed by atoms with Crippen molar-refractivity contribution in [1.82, 2.24) is 9.47 Å². The zero-order valence-electron chi connectivity index (χ0n) is 18.8. The van der Waals surface area contributed by atoms with E-state index in [0.29, 0.717) is 6.54 Å². The Morgan fingerprint density at radius 2 is 1.76 bits per heavy atom. The number of aromatic hydroxyl groups is 1. The lowest BCUT2D eigenvalue weighted by Crippen LogP contribution is -2.14. The number of aliphatic imine (C=N–C) groups is 2. The minimum atomic E-state index is 0.151. The van der Waals surface area contributed by atoms with Crippen LogP contribution in [-0.4, -0.2) is 40.2 Å². The average molecular weight is 438 g/mol. The SMILES string of the molecule is CN1C=NC(c2ccc(N=C(c3ccc(CN)cc3)c3c(O)n(C)c4ccccc34)cc2)C1. The van der Waals surface area contributed by atoms with Crippen LogP contribution in [0.4, 0.5) is 5.69 Å². The fraction of sp³-hybridized carbons (Fsp3) is 0.185. The summed E-state index contributed by atoms with van der Waals surface area (Å²) < 4.78 is 1.80. The number of hydrogen-bond donors (Lipinski definition) is 2. The third kappa shape index (κ3) is 3.90. The molecule has 0 aliphatic carbocycles. The summed E-state index contributed by atoms with van der Waals surface area (Å²) in [5.74, 6) is 0.192. The Balaban J connectivity index is 1.63. The standard InChI is InChI=1S/C27H27N5O/c1-31-16-23(29-17-31)19-11-13-21(14-12-19)30-26(20-9-7-18(15-28)8-10-20)25-22-5-3-4-6-24(22)32(2)27(25)33/h3-14,17,23,33H,15-16,28H2,1-2H3. The maximum atomic E-state index is 11.1. The van der Waals surface area contributed by atoms with Gasteiger partial charge in [-0.3, -0.25) is 4.99 Å². The number of hydrogen-bond acceptors (Lipinski definition) is 5. The van der Waals surface area contributed by atoms with Crippen molar-refractivity contribution in [3.8, 4) is 5.88 Å². The van der Waals surface area contributed by atoms with Crippen LogP contribution in [0.3, 0.4) is 0 Å². The van der Waals surface area contributed by atoms with Crippen molar-refractivity contribution in [2.45, 2.75) is 12.6 Å². The van der Waals surface area contributed by atoms with Gasteiger partial charge < -0.3 is 20.3 Å². The first-order valence-electron chi connectivity index (χ1n) is 11.0. The molecule has 166 valence electrons. The van der Waals surface area contributed by atoms with Crippen LogP contribution in [0.2, 0.25) is 0 Å². The number of nitrogens with zero attached hydrogens (tertiary/aromatic N) is 4. The number of aromatic nitrogens is 1. The molecule has 1 aliphatic rings. The first-order chi connectivity index (χ1) is 16.0. The van der Waals surface area contributed by atoms with Crippen molar-refractivity contribution in [3.05, 3.63) is 95.1 Å². The molecule has 6 heteroatoms. The van der Waals surface area contributed by atoms with Crippen LogP contribution < -0.4 is 5.73 Å².